The summed E-state index contributed by atoms with van der Waals surface area (Å²) in [6.07, 6.45) is 1.28. The van der Waals surface area contributed by atoms with E-state index < -0.39 is 6.61 Å². The number of hydrogen-bond donors (Lipinski definition) is 2. The fourth-order valence-electron chi connectivity index (χ4n) is 1.37. The number of ether oxygens (including phenoxy) is 1. The zero-order valence-electron chi connectivity index (χ0n) is 9.18. The summed E-state index contributed by atoms with van der Waals surface area (Å²) in [5.74, 6) is 0.119. The summed E-state index contributed by atoms with van der Waals surface area (Å²) in [6.45, 7) is -2.71. The first-order chi connectivity index (χ1) is 7.63. The number of rotatable bonds is 6. The topological polar surface area (TPSA) is 55.5 Å². The zero-order valence-corrected chi connectivity index (χ0v) is 10.00. The summed E-state index contributed by atoms with van der Waals surface area (Å²) in [5.41, 5.74) is 6.67. The van der Waals surface area contributed by atoms with E-state index in [9.17, 15) is 8.78 Å². The second kappa shape index (κ2) is 8.22. The Morgan fingerprint density at radius 1 is 1.24 bits per heavy atom. The largest absolute Gasteiger partial charge is 0.435 e. The molecule has 0 aliphatic carbocycles. The van der Waals surface area contributed by atoms with Gasteiger partial charge in [-0.1, -0.05) is 12.1 Å². The van der Waals surface area contributed by atoms with Gasteiger partial charge in [-0.2, -0.15) is 8.78 Å². The molecule has 0 radical (unpaired) electrons. The molecule has 0 saturated carbocycles. The van der Waals surface area contributed by atoms with Crippen molar-refractivity contribution in [2.75, 3.05) is 6.61 Å². The molecule has 17 heavy (non-hydrogen) atoms. The molecule has 0 unspecified atom stereocenters. The molecule has 0 aliphatic rings. The van der Waals surface area contributed by atoms with Gasteiger partial charge in [0.15, 0.2) is 0 Å². The van der Waals surface area contributed by atoms with Crippen LogP contribution in [0, 0.1) is 0 Å². The second-order valence-corrected chi connectivity index (χ2v) is 3.42. The van der Waals surface area contributed by atoms with E-state index in [-0.39, 0.29) is 30.8 Å². The normalized spacial score (nSPS) is 12.1. The molecule has 1 aromatic carbocycles. The highest BCUT2D eigenvalue weighted by molar-refractivity contribution is 5.85. The predicted octanol–water partition coefficient (Wildman–Crippen LogP) is 2.48. The van der Waals surface area contributed by atoms with Crippen LogP contribution in [0.25, 0.3) is 0 Å². The number of aliphatic hydroxyl groups excluding tert-OH is 1. The molecule has 0 aliphatic heterocycles. The van der Waals surface area contributed by atoms with Crippen LogP contribution in [0.5, 0.6) is 5.75 Å². The summed E-state index contributed by atoms with van der Waals surface area (Å²) in [7, 11) is 0. The molecule has 6 heteroatoms. The molecule has 1 atom stereocenters. The molecule has 0 heterocycles. The molecule has 1 aromatic rings. The minimum Gasteiger partial charge on any atom is -0.435 e. The Kier molecular flexibility index (Phi) is 7.78. The molecule has 0 spiro atoms. The van der Waals surface area contributed by atoms with Crippen LogP contribution >= 0.6 is 12.4 Å². The lowest BCUT2D eigenvalue weighted by atomic mass is 10.0. The van der Waals surface area contributed by atoms with E-state index in [2.05, 4.69) is 4.74 Å². The molecule has 0 bridgehead atoms. The fraction of sp³-hybridized carbons (Fsp3) is 0.455. The average Bonchev–Trinajstić information content (AvgIpc) is 2.26. The highest BCUT2D eigenvalue weighted by atomic mass is 35.5. The van der Waals surface area contributed by atoms with Crippen LogP contribution in [0.2, 0.25) is 0 Å². The van der Waals surface area contributed by atoms with E-state index in [0.29, 0.717) is 12.8 Å². The van der Waals surface area contributed by atoms with E-state index in [1.165, 1.54) is 12.1 Å². The van der Waals surface area contributed by atoms with Crippen LogP contribution in [0.3, 0.4) is 0 Å². The number of nitrogens with two attached hydrogens (primary N) is 1. The highest BCUT2D eigenvalue weighted by Gasteiger charge is 2.07. The van der Waals surface area contributed by atoms with E-state index in [1.54, 1.807) is 12.1 Å². The van der Waals surface area contributed by atoms with Gasteiger partial charge in [0.25, 0.3) is 0 Å². The van der Waals surface area contributed by atoms with Gasteiger partial charge in [0.05, 0.1) is 0 Å². The number of alkyl halides is 2. The molecular weight excluding hydrogens is 252 g/mol. The summed E-state index contributed by atoms with van der Waals surface area (Å²) in [6, 6.07) is 6.04. The smallest absolute Gasteiger partial charge is 0.387 e. The van der Waals surface area contributed by atoms with Gasteiger partial charge in [-0.25, -0.2) is 0 Å². The maximum absolute atomic E-state index is 11.9. The molecule has 98 valence electrons. The number of halogens is 3. The third-order valence-corrected chi connectivity index (χ3v) is 2.21. The Balaban J connectivity index is 0.00000256. The Morgan fingerprint density at radius 3 is 2.29 bits per heavy atom. The molecule has 3 N–H and O–H groups in total. The first kappa shape index (κ1) is 16.1. The van der Waals surface area contributed by atoms with Crippen molar-refractivity contribution in [1.82, 2.24) is 0 Å². The van der Waals surface area contributed by atoms with Crippen LogP contribution in [0.4, 0.5) is 8.78 Å². The maximum atomic E-state index is 11.9. The van der Waals surface area contributed by atoms with Crippen molar-refractivity contribution in [3.63, 3.8) is 0 Å². The first-order valence-corrected chi connectivity index (χ1v) is 5.04. The average molecular weight is 268 g/mol. The van der Waals surface area contributed by atoms with Gasteiger partial charge in [-0.05, 0) is 30.5 Å². The van der Waals surface area contributed by atoms with Crippen LogP contribution in [-0.4, -0.2) is 18.3 Å². The van der Waals surface area contributed by atoms with Crippen molar-refractivity contribution in [3.05, 3.63) is 29.8 Å². The summed E-state index contributed by atoms with van der Waals surface area (Å²) in [5, 5.41) is 8.65. The minimum absolute atomic E-state index is 0. The van der Waals surface area contributed by atoms with Crippen molar-refractivity contribution in [2.45, 2.75) is 25.5 Å². The van der Waals surface area contributed by atoms with Gasteiger partial charge in [-0.3, -0.25) is 0 Å². The lowest BCUT2D eigenvalue weighted by Crippen LogP contribution is -2.10. The van der Waals surface area contributed by atoms with Crippen molar-refractivity contribution >= 4 is 12.4 Å². The van der Waals surface area contributed by atoms with Gasteiger partial charge in [-0.15, -0.1) is 12.4 Å². The Bertz CT molecular complexity index is 309. The Hall–Kier alpha value is -0.910. The SMILES string of the molecule is Cl.N[C@@H](CCCO)c1ccc(OC(F)F)cc1. The van der Waals surface area contributed by atoms with Gasteiger partial charge >= 0.3 is 6.61 Å². The molecular formula is C11H16ClF2NO2. The van der Waals surface area contributed by atoms with E-state index in [0.717, 1.165) is 5.56 Å². The standard InChI is InChI=1S/C11H15F2NO2.ClH/c12-11(13)16-9-5-3-8(4-6-9)10(14)2-1-7-15;/h3-6,10-11,15H,1-2,7,14H2;1H/t10-;/m0./s1. The van der Waals surface area contributed by atoms with E-state index in [4.69, 9.17) is 10.8 Å². The van der Waals surface area contributed by atoms with Crippen molar-refractivity contribution < 1.29 is 18.6 Å². The number of aliphatic hydroxyl groups is 1. The zero-order chi connectivity index (χ0) is 12.0. The van der Waals surface area contributed by atoms with E-state index >= 15 is 0 Å². The monoisotopic (exact) mass is 267 g/mol. The van der Waals surface area contributed by atoms with Gasteiger partial charge in [0, 0.05) is 12.6 Å². The van der Waals surface area contributed by atoms with Gasteiger partial charge in [0.1, 0.15) is 5.75 Å². The lowest BCUT2D eigenvalue weighted by molar-refractivity contribution is -0.0498. The van der Waals surface area contributed by atoms with Crippen LogP contribution in [0.15, 0.2) is 24.3 Å². The molecule has 0 fully saturated rings. The van der Waals surface area contributed by atoms with Crippen molar-refractivity contribution in [1.29, 1.82) is 0 Å². The first-order valence-electron chi connectivity index (χ1n) is 5.04. The Morgan fingerprint density at radius 2 is 1.82 bits per heavy atom. The molecule has 3 nitrogen and oxygen atoms in total. The molecule has 0 saturated heterocycles. The number of benzene rings is 1. The summed E-state index contributed by atoms with van der Waals surface area (Å²) < 4.78 is 28.0. The second-order valence-electron chi connectivity index (χ2n) is 3.42. The molecule has 0 aromatic heterocycles. The Labute approximate surface area is 105 Å². The third kappa shape index (κ3) is 5.81. The maximum Gasteiger partial charge on any atom is 0.387 e. The summed E-state index contributed by atoms with van der Waals surface area (Å²) in [4.78, 5) is 0. The number of hydrogen-bond acceptors (Lipinski definition) is 3. The van der Waals surface area contributed by atoms with Crippen molar-refractivity contribution in [3.8, 4) is 5.75 Å². The quantitative estimate of drug-likeness (QED) is 0.833. The highest BCUT2D eigenvalue weighted by Crippen LogP contribution is 2.20. The van der Waals surface area contributed by atoms with Gasteiger partial charge < -0.3 is 15.6 Å². The van der Waals surface area contributed by atoms with Gasteiger partial charge in [0.2, 0.25) is 0 Å². The van der Waals surface area contributed by atoms with Crippen LogP contribution in [0.1, 0.15) is 24.4 Å². The third-order valence-electron chi connectivity index (χ3n) is 2.21. The van der Waals surface area contributed by atoms with E-state index in [1.807, 2.05) is 0 Å². The summed E-state index contributed by atoms with van der Waals surface area (Å²) >= 11 is 0. The lowest BCUT2D eigenvalue weighted by Gasteiger charge is -2.12. The minimum atomic E-state index is -2.81. The van der Waals surface area contributed by atoms with Crippen LogP contribution in [-0.2, 0) is 0 Å². The van der Waals surface area contributed by atoms with Crippen molar-refractivity contribution in [2.24, 2.45) is 5.73 Å². The molecule has 0 amide bonds. The predicted molar refractivity (Wildman–Crippen MR) is 63.6 cm³/mol. The molecule has 1 rings (SSSR count). The van der Waals surface area contributed by atoms with Crippen LogP contribution < -0.4 is 10.5 Å². The fourth-order valence-corrected chi connectivity index (χ4v) is 1.37.